The fourth-order valence-corrected chi connectivity index (χ4v) is 4.89. The van der Waals surface area contributed by atoms with Crippen molar-refractivity contribution in [3.8, 4) is 23.0 Å². The summed E-state index contributed by atoms with van der Waals surface area (Å²) in [6.07, 6.45) is 3.23. The molecule has 0 aliphatic carbocycles. The normalized spacial score (nSPS) is 21.9. The van der Waals surface area contributed by atoms with Gasteiger partial charge in [-0.05, 0) is 69.3 Å². The van der Waals surface area contributed by atoms with Crippen LogP contribution < -0.4 is 18.9 Å². The van der Waals surface area contributed by atoms with Gasteiger partial charge in [-0.2, -0.15) is 0 Å². The Balaban J connectivity index is 1.64. The largest absolute Gasteiger partial charge is 0.497 e. The number of nitrogens with zero attached hydrogens (tertiary/aromatic N) is 2. The van der Waals surface area contributed by atoms with Crippen LogP contribution in [0.1, 0.15) is 37.3 Å². The van der Waals surface area contributed by atoms with Gasteiger partial charge in [0.05, 0.1) is 20.8 Å². The molecule has 2 aliphatic heterocycles. The first kappa shape index (κ1) is 22.7. The molecule has 1 atom stereocenters. The fourth-order valence-electron chi connectivity index (χ4n) is 4.89. The molecule has 32 heavy (non-hydrogen) atoms. The van der Waals surface area contributed by atoms with Crippen molar-refractivity contribution in [3.05, 3.63) is 47.5 Å². The zero-order valence-electron chi connectivity index (χ0n) is 19.9. The van der Waals surface area contributed by atoms with Gasteiger partial charge in [0, 0.05) is 38.2 Å². The average Bonchev–Trinajstić information content (AvgIpc) is 3.06. The molecule has 1 fully saturated rings. The molecule has 0 bridgehead atoms. The van der Waals surface area contributed by atoms with Crippen LogP contribution in [-0.2, 0) is 13.1 Å². The monoisotopic (exact) mass is 440 g/mol. The number of hydrogen-bond donors (Lipinski definition) is 0. The van der Waals surface area contributed by atoms with Crippen LogP contribution in [0.5, 0.6) is 23.0 Å². The molecule has 0 saturated carbocycles. The van der Waals surface area contributed by atoms with E-state index in [1.54, 1.807) is 14.2 Å². The van der Waals surface area contributed by atoms with Crippen LogP contribution in [0.25, 0.3) is 0 Å². The first-order chi connectivity index (χ1) is 15.5. The maximum Gasteiger partial charge on any atom is 0.161 e. The lowest BCUT2D eigenvalue weighted by molar-refractivity contribution is 0.0221. The predicted molar refractivity (Wildman–Crippen MR) is 126 cm³/mol. The zero-order chi connectivity index (χ0) is 22.6. The Morgan fingerprint density at radius 3 is 2.66 bits per heavy atom. The molecular formula is C26H36N2O4. The minimum absolute atomic E-state index is 0.181. The minimum atomic E-state index is -0.181. The molecule has 4 rings (SSSR count). The molecule has 0 N–H and O–H groups in total. The smallest absolute Gasteiger partial charge is 0.161 e. The standard InChI is InChI=1S/C26H36N2O4/c1-5-31-24-9-7-20(15-25(24)30-4)17-28-18-21-16-22(29-3)8-10-23(21)32-26(19-28)11-6-13-27(2)14-12-26/h7-10,15-16H,5-6,11-14,17-19H2,1-4H3/t26-/m1/s1. The lowest BCUT2D eigenvalue weighted by atomic mass is 9.93. The second-order valence-corrected chi connectivity index (χ2v) is 8.98. The van der Waals surface area contributed by atoms with Crippen LogP contribution in [0, 0.1) is 0 Å². The molecule has 2 aromatic carbocycles. The molecule has 2 aliphatic rings. The third-order valence-electron chi connectivity index (χ3n) is 6.56. The van der Waals surface area contributed by atoms with E-state index >= 15 is 0 Å². The summed E-state index contributed by atoms with van der Waals surface area (Å²) in [6.45, 7) is 7.31. The van der Waals surface area contributed by atoms with Crippen LogP contribution >= 0.6 is 0 Å². The van der Waals surface area contributed by atoms with Crippen molar-refractivity contribution in [2.24, 2.45) is 0 Å². The van der Waals surface area contributed by atoms with Crippen molar-refractivity contribution in [2.75, 3.05) is 47.5 Å². The number of benzene rings is 2. The Morgan fingerprint density at radius 1 is 1.00 bits per heavy atom. The highest BCUT2D eigenvalue weighted by atomic mass is 16.5. The number of rotatable bonds is 6. The zero-order valence-corrected chi connectivity index (χ0v) is 19.9. The molecule has 0 aromatic heterocycles. The highest BCUT2D eigenvalue weighted by Crippen LogP contribution is 2.38. The second-order valence-electron chi connectivity index (χ2n) is 8.98. The molecule has 174 valence electrons. The van der Waals surface area contributed by atoms with Crippen LogP contribution in [0.15, 0.2) is 36.4 Å². The first-order valence-electron chi connectivity index (χ1n) is 11.6. The average molecular weight is 441 g/mol. The second kappa shape index (κ2) is 10.0. The van der Waals surface area contributed by atoms with Gasteiger partial charge in [-0.3, -0.25) is 4.90 Å². The number of methoxy groups -OCH3 is 2. The summed E-state index contributed by atoms with van der Waals surface area (Å²) in [7, 11) is 5.62. The van der Waals surface area contributed by atoms with E-state index in [0.717, 1.165) is 75.0 Å². The van der Waals surface area contributed by atoms with Gasteiger partial charge in [-0.25, -0.2) is 0 Å². The van der Waals surface area contributed by atoms with E-state index in [9.17, 15) is 0 Å². The van der Waals surface area contributed by atoms with E-state index < -0.39 is 0 Å². The van der Waals surface area contributed by atoms with Crippen LogP contribution in [0.2, 0.25) is 0 Å². The Morgan fingerprint density at radius 2 is 1.88 bits per heavy atom. The summed E-state index contributed by atoms with van der Waals surface area (Å²) in [5.74, 6) is 3.42. The number of likely N-dealkylation sites (tertiary alicyclic amines) is 1. The third-order valence-corrected chi connectivity index (χ3v) is 6.56. The molecular weight excluding hydrogens is 404 g/mol. The summed E-state index contributed by atoms with van der Waals surface area (Å²) < 4.78 is 23.6. The van der Waals surface area contributed by atoms with E-state index in [2.05, 4.69) is 41.1 Å². The Bertz CT molecular complexity index is 919. The highest BCUT2D eigenvalue weighted by Gasteiger charge is 2.39. The van der Waals surface area contributed by atoms with Crippen molar-refractivity contribution < 1.29 is 18.9 Å². The molecule has 0 unspecified atom stereocenters. The van der Waals surface area contributed by atoms with E-state index in [1.165, 1.54) is 11.1 Å². The van der Waals surface area contributed by atoms with Gasteiger partial charge in [0.1, 0.15) is 17.1 Å². The lowest BCUT2D eigenvalue weighted by Crippen LogP contribution is -2.46. The van der Waals surface area contributed by atoms with Gasteiger partial charge in [-0.15, -0.1) is 0 Å². The van der Waals surface area contributed by atoms with Crippen molar-refractivity contribution in [2.45, 2.75) is 44.9 Å². The molecule has 6 nitrogen and oxygen atoms in total. The Hall–Kier alpha value is -2.44. The quantitative estimate of drug-likeness (QED) is 0.665. The molecule has 2 heterocycles. The van der Waals surface area contributed by atoms with E-state index in [1.807, 2.05) is 19.1 Å². The van der Waals surface area contributed by atoms with Gasteiger partial charge in [0.2, 0.25) is 0 Å². The van der Waals surface area contributed by atoms with E-state index in [4.69, 9.17) is 18.9 Å². The maximum absolute atomic E-state index is 6.81. The molecule has 0 amide bonds. The Kier molecular flexibility index (Phi) is 7.11. The van der Waals surface area contributed by atoms with Crippen LogP contribution in [0.4, 0.5) is 0 Å². The van der Waals surface area contributed by atoms with E-state index in [-0.39, 0.29) is 5.60 Å². The van der Waals surface area contributed by atoms with Crippen molar-refractivity contribution in [1.29, 1.82) is 0 Å². The topological polar surface area (TPSA) is 43.4 Å². The summed E-state index contributed by atoms with van der Waals surface area (Å²) in [5, 5.41) is 0. The van der Waals surface area contributed by atoms with E-state index in [0.29, 0.717) is 6.61 Å². The first-order valence-corrected chi connectivity index (χ1v) is 11.6. The molecule has 1 saturated heterocycles. The van der Waals surface area contributed by atoms with Gasteiger partial charge in [0.25, 0.3) is 0 Å². The fraction of sp³-hybridized carbons (Fsp3) is 0.538. The lowest BCUT2D eigenvalue weighted by Gasteiger charge is -2.35. The van der Waals surface area contributed by atoms with Gasteiger partial charge < -0.3 is 23.8 Å². The van der Waals surface area contributed by atoms with Crippen molar-refractivity contribution >= 4 is 0 Å². The number of fused-ring (bicyclic) bond motifs is 1. The summed E-state index contributed by atoms with van der Waals surface area (Å²) in [4.78, 5) is 4.92. The van der Waals surface area contributed by atoms with Crippen LogP contribution in [0.3, 0.4) is 0 Å². The van der Waals surface area contributed by atoms with Gasteiger partial charge >= 0.3 is 0 Å². The maximum atomic E-state index is 6.81. The molecule has 1 spiro atoms. The summed E-state index contributed by atoms with van der Waals surface area (Å²) in [6, 6.07) is 12.4. The summed E-state index contributed by atoms with van der Waals surface area (Å²) in [5.41, 5.74) is 2.20. The Labute approximate surface area is 192 Å². The van der Waals surface area contributed by atoms with Crippen molar-refractivity contribution in [3.63, 3.8) is 0 Å². The number of ether oxygens (including phenoxy) is 4. The molecule has 6 heteroatoms. The van der Waals surface area contributed by atoms with Crippen molar-refractivity contribution in [1.82, 2.24) is 9.80 Å². The molecule has 0 radical (unpaired) electrons. The summed E-state index contributed by atoms with van der Waals surface area (Å²) >= 11 is 0. The minimum Gasteiger partial charge on any atom is -0.497 e. The highest BCUT2D eigenvalue weighted by molar-refractivity contribution is 5.44. The van der Waals surface area contributed by atoms with Gasteiger partial charge in [0.15, 0.2) is 11.5 Å². The number of hydrogen-bond acceptors (Lipinski definition) is 6. The van der Waals surface area contributed by atoms with Crippen LogP contribution in [-0.4, -0.2) is 62.9 Å². The third kappa shape index (κ3) is 5.13. The molecule has 2 aromatic rings. The predicted octanol–water partition coefficient (Wildman–Crippen LogP) is 4.35. The SMILES string of the molecule is CCOc1ccc(CN2Cc3cc(OC)ccc3O[C@@]3(CCCN(C)CC3)C2)cc1OC. The van der Waals surface area contributed by atoms with Gasteiger partial charge in [-0.1, -0.05) is 6.07 Å².